The van der Waals surface area contributed by atoms with Gasteiger partial charge in [-0.3, -0.25) is 0 Å². The van der Waals surface area contributed by atoms with Gasteiger partial charge in [0.1, 0.15) is 0 Å². The standard InChI is InChI=1S/C19H23N3O/c1-2-22-15-16(17-8-3-4-9-18(17)22)14-20-11-7-13-23-19-10-5-6-12-21-19/h3-6,8-10,12,15,20H,2,7,11,13-14H2,1H3. The third-order valence-corrected chi connectivity index (χ3v) is 3.91. The highest BCUT2D eigenvalue weighted by molar-refractivity contribution is 5.83. The summed E-state index contributed by atoms with van der Waals surface area (Å²) >= 11 is 0. The number of aromatic nitrogens is 2. The molecule has 2 heterocycles. The molecule has 0 aliphatic rings. The molecule has 1 aromatic carbocycles. The monoisotopic (exact) mass is 309 g/mol. The number of benzene rings is 1. The molecule has 0 fully saturated rings. The van der Waals surface area contributed by atoms with Gasteiger partial charge in [0.05, 0.1) is 6.61 Å². The molecule has 0 radical (unpaired) electrons. The van der Waals surface area contributed by atoms with Crippen molar-refractivity contribution in [3.8, 4) is 5.88 Å². The quantitative estimate of drug-likeness (QED) is 0.646. The van der Waals surface area contributed by atoms with Gasteiger partial charge in [-0.05, 0) is 37.6 Å². The van der Waals surface area contributed by atoms with E-state index in [1.807, 2.05) is 18.2 Å². The van der Waals surface area contributed by atoms with Crippen molar-refractivity contribution in [2.75, 3.05) is 13.2 Å². The Kier molecular flexibility index (Phi) is 5.27. The maximum absolute atomic E-state index is 5.59. The predicted octanol–water partition coefficient (Wildman–Crippen LogP) is 3.61. The fraction of sp³-hybridized carbons (Fsp3) is 0.316. The number of nitrogens with one attached hydrogen (secondary N) is 1. The lowest BCUT2D eigenvalue weighted by Crippen LogP contribution is -2.17. The van der Waals surface area contributed by atoms with Crippen LogP contribution in [0, 0.1) is 0 Å². The summed E-state index contributed by atoms with van der Waals surface area (Å²) < 4.78 is 7.90. The second kappa shape index (κ2) is 7.79. The topological polar surface area (TPSA) is 39.1 Å². The largest absolute Gasteiger partial charge is 0.478 e. The van der Waals surface area contributed by atoms with Gasteiger partial charge in [0.25, 0.3) is 0 Å². The van der Waals surface area contributed by atoms with Gasteiger partial charge in [-0.1, -0.05) is 24.3 Å². The van der Waals surface area contributed by atoms with Gasteiger partial charge in [0.2, 0.25) is 5.88 Å². The summed E-state index contributed by atoms with van der Waals surface area (Å²) in [6, 6.07) is 14.3. The Morgan fingerprint density at radius 1 is 1.13 bits per heavy atom. The van der Waals surface area contributed by atoms with E-state index in [-0.39, 0.29) is 0 Å². The number of rotatable bonds is 8. The third-order valence-electron chi connectivity index (χ3n) is 3.91. The number of nitrogens with zero attached hydrogens (tertiary/aromatic N) is 2. The van der Waals surface area contributed by atoms with Crippen LogP contribution in [0.2, 0.25) is 0 Å². The average Bonchev–Trinajstić information content (AvgIpc) is 2.97. The maximum Gasteiger partial charge on any atom is 0.213 e. The van der Waals surface area contributed by atoms with E-state index < -0.39 is 0 Å². The Morgan fingerprint density at radius 2 is 2.00 bits per heavy atom. The number of fused-ring (bicyclic) bond motifs is 1. The third kappa shape index (κ3) is 3.90. The van der Waals surface area contributed by atoms with E-state index in [1.54, 1.807) is 6.20 Å². The highest BCUT2D eigenvalue weighted by Crippen LogP contribution is 2.21. The van der Waals surface area contributed by atoms with E-state index in [0.29, 0.717) is 12.5 Å². The minimum atomic E-state index is 0.681. The minimum Gasteiger partial charge on any atom is -0.478 e. The van der Waals surface area contributed by atoms with Gasteiger partial charge >= 0.3 is 0 Å². The maximum atomic E-state index is 5.59. The predicted molar refractivity (Wildman–Crippen MR) is 93.7 cm³/mol. The fourth-order valence-electron chi connectivity index (χ4n) is 2.75. The first kappa shape index (κ1) is 15.6. The smallest absolute Gasteiger partial charge is 0.213 e. The number of ether oxygens (including phenoxy) is 1. The van der Waals surface area contributed by atoms with Crippen LogP contribution in [-0.4, -0.2) is 22.7 Å². The number of para-hydroxylation sites is 1. The van der Waals surface area contributed by atoms with Crippen molar-refractivity contribution in [1.82, 2.24) is 14.9 Å². The zero-order valence-electron chi connectivity index (χ0n) is 13.5. The lowest BCUT2D eigenvalue weighted by Gasteiger charge is -2.06. The summed E-state index contributed by atoms with van der Waals surface area (Å²) in [6.45, 7) is 5.67. The second-order valence-corrected chi connectivity index (χ2v) is 5.50. The molecule has 0 spiro atoms. The van der Waals surface area contributed by atoms with Crippen molar-refractivity contribution in [3.63, 3.8) is 0 Å². The SMILES string of the molecule is CCn1cc(CNCCCOc2ccccn2)c2ccccc21. The Hall–Kier alpha value is -2.33. The molecule has 0 atom stereocenters. The Balaban J connectivity index is 1.46. The molecule has 0 aliphatic carbocycles. The van der Waals surface area contributed by atoms with E-state index in [4.69, 9.17) is 4.74 Å². The molecule has 0 aliphatic heterocycles. The molecule has 0 amide bonds. The molecular formula is C19H23N3O. The number of aryl methyl sites for hydroxylation is 1. The fourth-order valence-corrected chi connectivity index (χ4v) is 2.75. The van der Waals surface area contributed by atoms with E-state index in [0.717, 1.165) is 26.1 Å². The zero-order valence-corrected chi connectivity index (χ0v) is 13.5. The highest BCUT2D eigenvalue weighted by Gasteiger charge is 2.06. The molecule has 0 unspecified atom stereocenters. The van der Waals surface area contributed by atoms with Gasteiger partial charge in [0, 0.05) is 42.5 Å². The van der Waals surface area contributed by atoms with Crippen LogP contribution >= 0.6 is 0 Å². The molecule has 4 nitrogen and oxygen atoms in total. The molecule has 0 bridgehead atoms. The summed E-state index contributed by atoms with van der Waals surface area (Å²) in [6.07, 6.45) is 4.96. The second-order valence-electron chi connectivity index (χ2n) is 5.50. The minimum absolute atomic E-state index is 0.681. The van der Waals surface area contributed by atoms with Crippen molar-refractivity contribution in [2.45, 2.75) is 26.4 Å². The first-order chi connectivity index (χ1) is 11.4. The van der Waals surface area contributed by atoms with Crippen LogP contribution in [0.4, 0.5) is 0 Å². The van der Waals surface area contributed by atoms with E-state index in [9.17, 15) is 0 Å². The highest BCUT2D eigenvalue weighted by atomic mass is 16.5. The Morgan fingerprint density at radius 3 is 2.83 bits per heavy atom. The van der Waals surface area contributed by atoms with Crippen molar-refractivity contribution < 1.29 is 4.74 Å². The van der Waals surface area contributed by atoms with Gasteiger partial charge < -0.3 is 14.6 Å². The first-order valence-electron chi connectivity index (χ1n) is 8.20. The lowest BCUT2D eigenvalue weighted by atomic mass is 10.2. The van der Waals surface area contributed by atoms with E-state index in [1.165, 1.54) is 16.5 Å². The normalized spacial score (nSPS) is 11.0. The Labute approximate surface area is 137 Å². The average molecular weight is 309 g/mol. The van der Waals surface area contributed by atoms with E-state index in [2.05, 4.69) is 52.3 Å². The summed E-state index contributed by atoms with van der Waals surface area (Å²) in [5.41, 5.74) is 2.67. The van der Waals surface area contributed by atoms with Gasteiger partial charge in [0.15, 0.2) is 0 Å². The zero-order chi connectivity index (χ0) is 15.9. The molecule has 23 heavy (non-hydrogen) atoms. The summed E-state index contributed by atoms with van der Waals surface area (Å²) in [7, 11) is 0. The van der Waals surface area contributed by atoms with Crippen LogP contribution < -0.4 is 10.1 Å². The van der Waals surface area contributed by atoms with Gasteiger partial charge in [-0.2, -0.15) is 0 Å². The molecule has 3 aromatic rings. The van der Waals surface area contributed by atoms with Crippen LogP contribution in [0.5, 0.6) is 5.88 Å². The van der Waals surface area contributed by atoms with E-state index >= 15 is 0 Å². The van der Waals surface area contributed by atoms with Crippen LogP contribution in [0.25, 0.3) is 10.9 Å². The number of pyridine rings is 1. The molecule has 2 aromatic heterocycles. The number of hydrogen-bond acceptors (Lipinski definition) is 3. The molecular weight excluding hydrogens is 286 g/mol. The van der Waals surface area contributed by atoms with Crippen molar-refractivity contribution in [3.05, 3.63) is 60.4 Å². The summed E-state index contributed by atoms with van der Waals surface area (Å²) in [5.74, 6) is 0.693. The van der Waals surface area contributed by atoms with Gasteiger partial charge in [-0.15, -0.1) is 0 Å². The van der Waals surface area contributed by atoms with Crippen molar-refractivity contribution >= 4 is 10.9 Å². The molecule has 3 rings (SSSR count). The molecule has 1 N–H and O–H groups in total. The molecule has 120 valence electrons. The molecule has 0 saturated carbocycles. The number of hydrogen-bond donors (Lipinski definition) is 1. The first-order valence-corrected chi connectivity index (χ1v) is 8.20. The van der Waals surface area contributed by atoms with Gasteiger partial charge in [-0.25, -0.2) is 4.98 Å². The summed E-state index contributed by atoms with van der Waals surface area (Å²) in [5, 5.41) is 4.84. The van der Waals surface area contributed by atoms with Crippen LogP contribution in [0.15, 0.2) is 54.9 Å². The Bertz CT molecular complexity index is 737. The molecule has 4 heteroatoms. The van der Waals surface area contributed by atoms with Crippen molar-refractivity contribution in [2.24, 2.45) is 0 Å². The van der Waals surface area contributed by atoms with Crippen LogP contribution in [0.1, 0.15) is 18.9 Å². The molecule has 0 saturated heterocycles. The lowest BCUT2D eigenvalue weighted by molar-refractivity contribution is 0.296. The van der Waals surface area contributed by atoms with Crippen molar-refractivity contribution in [1.29, 1.82) is 0 Å². The van der Waals surface area contributed by atoms with Crippen LogP contribution in [0.3, 0.4) is 0 Å². The van der Waals surface area contributed by atoms with Crippen LogP contribution in [-0.2, 0) is 13.1 Å². The summed E-state index contributed by atoms with van der Waals surface area (Å²) in [4.78, 5) is 4.15.